The summed E-state index contributed by atoms with van der Waals surface area (Å²) in [4.78, 5) is 0. The summed E-state index contributed by atoms with van der Waals surface area (Å²) in [5.74, 6) is 0. The van der Waals surface area contributed by atoms with Crippen LogP contribution in [0.1, 0.15) is 222 Å². The van der Waals surface area contributed by atoms with Gasteiger partial charge < -0.3 is 18.6 Å². The molecule has 5 rings (SSSR count). The molecule has 0 radical (unpaired) electrons. The third kappa shape index (κ3) is 10.5. The fraction of sp³-hybridized carbons (Fsp3) is 0.755. The predicted molar refractivity (Wildman–Crippen MR) is 237 cm³/mol. The molecule has 306 valence electrons. The largest absolute Gasteiger partial charge is 0.494 e. The lowest BCUT2D eigenvalue weighted by molar-refractivity contribution is 0.00578. The molecule has 2 heterocycles. The van der Waals surface area contributed by atoms with Gasteiger partial charge in [-0.2, -0.15) is 0 Å². The van der Waals surface area contributed by atoms with Crippen molar-refractivity contribution in [1.82, 2.24) is 0 Å². The van der Waals surface area contributed by atoms with Crippen molar-refractivity contribution in [2.45, 2.75) is 238 Å². The summed E-state index contributed by atoms with van der Waals surface area (Å²) >= 11 is 0. The standard InChI is InChI=1S/C49H80B2O4/c1-11-13-15-17-19-21-23-25-27-29-35-49(36-30-28-26-24-22-20-18-16-14-12-2)43-37-39(50-52-45(3,4)46(5,6)53-50)31-33-41(43)42-34-32-40(38-44(42)49)51-54-47(7,8)48(9,10)55-51/h31-34,37-38H,11-30,35-36H2,1-10H3. The molecule has 3 aliphatic rings. The molecule has 1 aliphatic carbocycles. The first kappa shape index (κ1) is 44.5. The van der Waals surface area contributed by atoms with Gasteiger partial charge in [0.2, 0.25) is 0 Å². The Morgan fingerprint density at radius 1 is 0.382 bits per heavy atom. The van der Waals surface area contributed by atoms with Gasteiger partial charge in [-0.3, -0.25) is 0 Å². The fourth-order valence-electron chi connectivity index (χ4n) is 9.27. The maximum atomic E-state index is 6.66. The zero-order valence-corrected chi connectivity index (χ0v) is 37.3. The first-order chi connectivity index (χ1) is 26.2. The molecular weight excluding hydrogens is 674 g/mol. The van der Waals surface area contributed by atoms with Crippen LogP contribution >= 0.6 is 0 Å². The van der Waals surface area contributed by atoms with Gasteiger partial charge in [-0.05, 0) is 101 Å². The second kappa shape index (κ2) is 19.4. The molecule has 2 fully saturated rings. The first-order valence-corrected chi connectivity index (χ1v) is 23.2. The predicted octanol–water partition coefficient (Wildman–Crippen LogP) is 13.2. The molecule has 2 saturated heterocycles. The van der Waals surface area contributed by atoms with E-state index in [1.165, 1.54) is 164 Å². The molecule has 0 saturated carbocycles. The van der Waals surface area contributed by atoms with Crippen LogP contribution in [0.3, 0.4) is 0 Å². The summed E-state index contributed by atoms with van der Waals surface area (Å²) in [7, 11) is -0.738. The zero-order chi connectivity index (χ0) is 39.7. The fourth-order valence-corrected chi connectivity index (χ4v) is 9.27. The lowest BCUT2D eigenvalue weighted by atomic mass is 9.67. The van der Waals surface area contributed by atoms with Gasteiger partial charge in [0.05, 0.1) is 22.4 Å². The van der Waals surface area contributed by atoms with Gasteiger partial charge in [-0.15, -0.1) is 0 Å². The second-order valence-electron chi connectivity index (χ2n) is 19.7. The van der Waals surface area contributed by atoms with E-state index < -0.39 is 0 Å². The molecule has 4 nitrogen and oxygen atoms in total. The number of hydrogen-bond donors (Lipinski definition) is 0. The Hall–Kier alpha value is -1.59. The van der Waals surface area contributed by atoms with Crippen LogP contribution in [0, 0.1) is 0 Å². The van der Waals surface area contributed by atoms with Gasteiger partial charge in [-0.1, -0.05) is 179 Å². The summed E-state index contributed by atoms with van der Waals surface area (Å²) in [6, 6.07) is 14.3. The quantitative estimate of drug-likeness (QED) is 0.0790. The molecule has 6 heteroatoms. The van der Waals surface area contributed by atoms with Crippen molar-refractivity contribution in [2.75, 3.05) is 0 Å². The SMILES string of the molecule is CCCCCCCCCCCCC1(CCCCCCCCCCCC)c2cc(B3OC(C)(C)C(C)(C)O3)ccc2-c2ccc(B3OC(C)(C)C(C)(C)O3)cc21. The van der Waals surface area contributed by atoms with Crippen molar-refractivity contribution in [3.05, 3.63) is 47.5 Å². The molecule has 0 aromatic heterocycles. The van der Waals surface area contributed by atoms with Crippen LogP contribution in [-0.2, 0) is 24.0 Å². The van der Waals surface area contributed by atoms with E-state index in [2.05, 4.69) is 106 Å². The molecule has 0 bridgehead atoms. The van der Waals surface area contributed by atoms with Crippen LogP contribution in [0.25, 0.3) is 11.1 Å². The monoisotopic (exact) mass is 755 g/mol. The molecule has 0 spiro atoms. The molecule has 0 atom stereocenters. The highest BCUT2D eigenvalue weighted by molar-refractivity contribution is 6.62. The highest BCUT2D eigenvalue weighted by Crippen LogP contribution is 2.54. The molecule has 2 aromatic rings. The highest BCUT2D eigenvalue weighted by atomic mass is 16.7. The van der Waals surface area contributed by atoms with E-state index >= 15 is 0 Å². The van der Waals surface area contributed by atoms with Gasteiger partial charge in [0.25, 0.3) is 0 Å². The van der Waals surface area contributed by atoms with Crippen LogP contribution in [0.2, 0.25) is 0 Å². The minimum atomic E-state index is -0.375. The van der Waals surface area contributed by atoms with E-state index in [0.717, 1.165) is 10.9 Å². The Balaban J connectivity index is 1.42. The number of rotatable bonds is 24. The van der Waals surface area contributed by atoms with Crippen LogP contribution in [-0.4, -0.2) is 36.6 Å². The molecule has 0 amide bonds. The van der Waals surface area contributed by atoms with Crippen molar-refractivity contribution in [3.8, 4) is 11.1 Å². The molecular formula is C49H80B2O4. The Morgan fingerprint density at radius 3 is 0.945 bits per heavy atom. The molecule has 0 unspecified atom stereocenters. The summed E-state index contributed by atoms with van der Waals surface area (Å²) in [6.45, 7) is 21.9. The summed E-state index contributed by atoms with van der Waals surface area (Å²) in [5, 5.41) is 0. The van der Waals surface area contributed by atoms with Gasteiger partial charge in [-0.25, -0.2) is 0 Å². The Bertz CT molecular complexity index is 1350. The van der Waals surface area contributed by atoms with Crippen molar-refractivity contribution in [1.29, 1.82) is 0 Å². The Kier molecular flexibility index (Phi) is 15.7. The van der Waals surface area contributed by atoms with Gasteiger partial charge in [0.15, 0.2) is 0 Å². The van der Waals surface area contributed by atoms with Crippen LogP contribution in [0.5, 0.6) is 0 Å². The molecule has 2 aliphatic heterocycles. The Labute approximate surface area is 339 Å². The lowest BCUT2D eigenvalue weighted by Gasteiger charge is -2.33. The van der Waals surface area contributed by atoms with E-state index in [9.17, 15) is 0 Å². The van der Waals surface area contributed by atoms with Crippen molar-refractivity contribution < 1.29 is 18.6 Å². The minimum absolute atomic E-state index is 0.0652. The summed E-state index contributed by atoms with van der Waals surface area (Å²) in [5.41, 5.74) is 6.45. The van der Waals surface area contributed by atoms with Crippen LogP contribution < -0.4 is 10.9 Å². The van der Waals surface area contributed by atoms with Gasteiger partial charge >= 0.3 is 14.2 Å². The number of benzene rings is 2. The lowest BCUT2D eigenvalue weighted by Crippen LogP contribution is -2.41. The molecule has 55 heavy (non-hydrogen) atoms. The molecule has 2 aromatic carbocycles. The minimum Gasteiger partial charge on any atom is -0.399 e. The second-order valence-corrected chi connectivity index (χ2v) is 19.7. The zero-order valence-electron chi connectivity index (χ0n) is 37.3. The first-order valence-electron chi connectivity index (χ1n) is 23.2. The number of fused-ring (bicyclic) bond motifs is 3. The van der Waals surface area contributed by atoms with E-state index in [1.807, 2.05) is 0 Å². The third-order valence-corrected chi connectivity index (χ3v) is 14.4. The van der Waals surface area contributed by atoms with Gasteiger partial charge in [0.1, 0.15) is 0 Å². The summed E-state index contributed by atoms with van der Waals surface area (Å²) < 4.78 is 26.6. The highest BCUT2D eigenvalue weighted by Gasteiger charge is 2.54. The maximum absolute atomic E-state index is 6.66. The van der Waals surface area contributed by atoms with Crippen molar-refractivity contribution >= 4 is 25.2 Å². The van der Waals surface area contributed by atoms with E-state index in [4.69, 9.17) is 18.6 Å². The van der Waals surface area contributed by atoms with Crippen molar-refractivity contribution in [3.63, 3.8) is 0 Å². The number of hydrogen-bond acceptors (Lipinski definition) is 4. The third-order valence-electron chi connectivity index (χ3n) is 14.4. The van der Waals surface area contributed by atoms with E-state index in [-0.39, 0.29) is 42.1 Å². The van der Waals surface area contributed by atoms with Crippen LogP contribution in [0.15, 0.2) is 36.4 Å². The Morgan fingerprint density at radius 2 is 0.655 bits per heavy atom. The van der Waals surface area contributed by atoms with E-state index in [1.54, 1.807) is 0 Å². The van der Waals surface area contributed by atoms with Crippen molar-refractivity contribution in [2.24, 2.45) is 0 Å². The molecule has 0 N–H and O–H groups in total. The topological polar surface area (TPSA) is 36.9 Å². The van der Waals surface area contributed by atoms with E-state index in [0.29, 0.717) is 0 Å². The van der Waals surface area contributed by atoms with Crippen LogP contribution in [0.4, 0.5) is 0 Å². The summed E-state index contributed by atoms with van der Waals surface area (Å²) in [6.07, 6.45) is 29.4. The number of unbranched alkanes of at least 4 members (excludes halogenated alkanes) is 18. The maximum Gasteiger partial charge on any atom is 0.494 e. The smallest absolute Gasteiger partial charge is 0.399 e. The average molecular weight is 755 g/mol. The normalized spacial score (nSPS) is 20.0. The average Bonchev–Trinajstić information content (AvgIpc) is 3.63. The van der Waals surface area contributed by atoms with Gasteiger partial charge in [0, 0.05) is 5.41 Å².